The standard InChI is InChI=1S/C22H16Cl2F6N6O3S2/c1-10-6-11(2)33-19(32-10)40-5-4-39-20(37)35(3)18-17(41(38)22(28,29)30)15(9-31)34-36(18)16-13(23)7-12(8-14(16)24)21(25,26)27/h6-8H,4-5H2,1-3H3. The van der Waals surface area contributed by atoms with E-state index in [4.69, 9.17) is 27.9 Å². The van der Waals surface area contributed by atoms with Gasteiger partial charge in [-0.25, -0.2) is 23.7 Å². The molecule has 220 valence electrons. The van der Waals surface area contributed by atoms with Gasteiger partial charge in [-0.3, -0.25) is 4.90 Å². The molecule has 9 nitrogen and oxygen atoms in total. The summed E-state index contributed by atoms with van der Waals surface area (Å²) in [5.41, 5.74) is -6.98. The van der Waals surface area contributed by atoms with Gasteiger partial charge in [0.05, 0.1) is 15.6 Å². The lowest BCUT2D eigenvalue weighted by Gasteiger charge is -2.21. The molecule has 2 heterocycles. The molecule has 1 unspecified atom stereocenters. The number of hydrogen-bond acceptors (Lipinski definition) is 8. The summed E-state index contributed by atoms with van der Waals surface area (Å²) in [5, 5.41) is 12.0. The molecule has 19 heteroatoms. The van der Waals surface area contributed by atoms with Gasteiger partial charge in [-0.1, -0.05) is 35.0 Å². The zero-order valence-corrected chi connectivity index (χ0v) is 24.0. The van der Waals surface area contributed by atoms with Gasteiger partial charge in [0.1, 0.15) is 23.3 Å². The van der Waals surface area contributed by atoms with Crippen LogP contribution in [-0.4, -0.2) is 55.0 Å². The maximum Gasteiger partial charge on any atom is 0.476 e. The van der Waals surface area contributed by atoms with Crippen molar-refractivity contribution in [2.45, 2.75) is 35.6 Å². The number of benzene rings is 1. The van der Waals surface area contributed by atoms with E-state index in [0.717, 1.165) is 18.8 Å². The Labute approximate surface area is 244 Å². The fourth-order valence-corrected chi connectivity index (χ4v) is 5.64. The van der Waals surface area contributed by atoms with Crippen LogP contribution in [0, 0.1) is 25.2 Å². The molecule has 0 N–H and O–H groups in total. The normalized spacial score (nSPS) is 12.6. The van der Waals surface area contributed by atoms with Gasteiger partial charge in [-0.2, -0.15) is 36.7 Å². The van der Waals surface area contributed by atoms with Crippen LogP contribution in [-0.2, 0) is 21.7 Å². The average Bonchev–Trinajstić information content (AvgIpc) is 3.22. The van der Waals surface area contributed by atoms with E-state index in [-0.39, 0.29) is 12.4 Å². The first-order valence-electron chi connectivity index (χ1n) is 10.9. The van der Waals surface area contributed by atoms with Crippen molar-refractivity contribution >= 4 is 57.7 Å². The third-order valence-corrected chi connectivity index (χ3v) is 7.52. The highest BCUT2D eigenvalue weighted by molar-refractivity contribution is 7.99. The monoisotopic (exact) mass is 660 g/mol. The number of nitrogens with zero attached hydrogens (tertiary/aromatic N) is 6. The molecular weight excluding hydrogens is 645 g/mol. The first kappa shape index (κ1) is 32.4. The minimum atomic E-state index is -5.42. The van der Waals surface area contributed by atoms with Crippen LogP contribution in [0.4, 0.5) is 37.0 Å². The summed E-state index contributed by atoms with van der Waals surface area (Å²) in [6.45, 7) is 3.22. The summed E-state index contributed by atoms with van der Waals surface area (Å²) in [6.07, 6.45) is -6.17. The average molecular weight is 661 g/mol. The minimum absolute atomic E-state index is 0.128. The number of ether oxygens (including phenoxy) is 1. The third-order valence-electron chi connectivity index (χ3n) is 4.97. The second-order valence-electron chi connectivity index (χ2n) is 7.98. The molecule has 0 saturated carbocycles. The molecule has 1 amide bonds. The van der Waals surface area contributed by atoms with Crippen LogP contribution >= 0.6 is 35.0 Å². The van der Waals surface area contributed by atoms with E-state index in [9.17, 15) is 40.6 Å². The smallest absolute Gasteiger partial charge is 0.448 e. The molecule has 0 saturated heterocycles. The van der Waals surface area contributed by atoms with Crippen molar-refractivity contribution in [1.82, 2.24) is 19.7 Å². The predicted octanol–water partition coefficient (Wildman–Crippen LogP) is 6.47. The highest BCUT2D eigenvalue weighted by Crippen LogP contribution is 2.42. The van der Waals surface area contributed by atoms with Crippen molar-refractivity contribution in [3.63, 3.8) is 0 Å². The van der Waals surface area contributed by atoms with Gasteiger partial charge in [-0.05, 0) is 32.0 Å². The zero-order chi connectivity index (χ0) is 30.9. The number of carbonyl (C=O) groups excluding carboxylic acids is 1. The number of anilines is 1. The van der Waals surface area contributed by atoms with Gasteiger partial charge in [0.25, 0.3) is 0 Å². The van der Waals surface area contributed by atoms with Gasteiger partial charge in [-0.15, -0.1) is 0 Å². The number of aryl methyl sites for hydroxylation is 2. The third kappa shape index (κ3) is 7.42. The van der Waals surface area contributed by atoms with Crippen LogP contribution in [0.2, 0.25) is 10.0 Å². The molecule has 3 aromatic rings. The molecule has 1 atom stereocenters. The number of rotatable bonds is 7. The van der Waals surface area contributed by atoms with Crippen molar-refractivity contribution in [1.29, 1.82) is 5.26 Å². The number of carbonyl (C=O) groups is 1. The molecule has 2 aromatic heterocycles. The molecule has 0 aliphatic carbocycles. The molecule has 0 bridgehead atoms. The van der Waals surface area contributed by atoms with Crippen LogP contribution < -0.4 is 4.90 Å². The Bertz CT molecular complexity index is 1510. The topological polar surface area (TPSA) is 114 Å². The lowest BCUT2D eigenvalue weighted by Crippen LogP contribution is -2.31. The SMILES string of the molecule is Cc1cc(C)nc(SCCOC(=O)N(C)c2c(S(=O)C(F)(F)F)c(C#N)nn2-c2c(Cl)cc(C(F)(F)F)cc2Cl)n1. The Balaban J connectivity index is 2.03. The van der Waals surface area contributed by atoms with Crippen molar-refractivity contribution < 1.29 is 40.1 Å². The van der Waals surface area contributed by atoms with E-state index in [1.54, 1.807) is 19.9 Å². The molecule has 3 rings (SSSR count). The highest BCUT2D eigenvalue weighted by Gasteiger charge is 2.44. The number of nitriles is 1. The molecule has 0 radical (unpaired) electrons. The summed E-state index contributed by atoms with van der Waals surface area (Å²) in [6, 6.07) is 3.93. The summed E-state index contributed by atoms with van der Waals surface area (Å²) in [5.74, 6) is -0.792. The first-order chi connectivity index (χ1) is 18.9. The Morgan fingerprint density at radius 2 is 1.68 bits per heavy atom. The summed E-state index contributed by atoms with van der Waals surface area (Å²) < 4.78 is 98.3. The van der Waals surface area contributed by atoms with Gasteiger partial charge in [0.15, 0.2) is 27.5 Å². The van der Waals surface area contributed by atoms with Crippen molar-refractivity contribution in [2.75, 3.05) is 24.3 Å². The van der Waals surface area contributed by atoms with E-state index in [2.05, 4.69) is 15.1 Å². The first-order valence-corrected chi connectivity index (χ1v) is 13.8. The van der Waals surface area contributed by atoms with Crippen LogP contribution in [0.15, 0.2) is 28.3 Å². The van der Waals surface area contributed by atoms with Crippen LogP contribution in [0.25, 0.3) is 5.69 Å². The number of amides is 1. The molecule has 0 spiro atoms. The van der Waals surface area contributed by atoms with Crippen LogP contribution in [0.3, 0.4) is 0 Å². The van der Waals surface area contributed by atoms with E-state index < -0.39 is 66.3 Å². The van der Waals surface area contributed by atoms with Gasteiger partial charge < -0.3 is 4.74 Å². The number of alkyl halides is 6. The maximum atomic E-state index is 13.5. The molecule has 0 aliphatic heterocycles. The molecular formula is C22H16Cl2F6N6O3S2. The summed E-state index contributed by atoms with van der Waals surface area (Å²) >= 11 is 13.1. The van der Waals surface area contributed by atoms with Crippen LogP contribution in [0.1, 0.15) is 22.6 Å². The highest BCUT2D eigenvalue weighted by atomic mass is 35.5. The van der Waals surface area contributed by atoms with Crippen molar-refractivity contribution in [3.8, 4) is 11.8 Å². The second-order valence-corrected chi connectivity index (χ2v) is 11.3. The largest absolute Gasteiger partial charge is 0.476 e. The Kier molecular flexibility index (Phi) is 9.84. The number of thioether (sulfide) groups is 1. The maximum absolute atomic E-state index is 13.5. The second kappa shape index (κ2) is 12.4. The predicted molar refractivity (Wildman–Crippen MR) is 138 cm³/mol. The van der Waals surface area contributed by atoms with Crippen molar-refractivity contribution in [2.24, 2.45) is 0 Å². The molecule has 0 aliphatic rings. The molecule has 0 fully saturated rings. The van der Waals surface area contributed by atoms with E-state index >= 15 is 0 Å². The number of aromatic nitrogens is 4. The molecule has 1 aromatic carbocycles. The summed E-state index contributed by atoms with van der Waals surface area (Å²) in [7, 11) is -3.01. The quantitative estimate of drug-likeness (QED) is 0.123. The van der Waals surface area contributed by atoms with E-state index in [0.29, 0.717) is 38.3 Å². The Hall–Kier alpha value is -3.07. The summed E-state index contributed by atoms with van der Waals surface area (Å²) in [4.78, 5) is 20.5. The Morgan fingerprint density at radius 1 is 1.12 bits per heavy atom. The Morgan fingerprint density at radius 3 is 2.17 bits per heavy atom. The van der Waals surface area contributed by atoms with E-state index in [1.165, 1.54) is 6.07 Å². The van der Waals surface area contributed by atoms with Crippen molar-refractivity contribution in [3.05, 3.63) is 50.9 Å². The lowest BCUT2D eigenvalue weighted by molar-refractivity contribution is -0.137. The van der Waals surface area contributed by atoms with Crippen LogP contribution in [0.5, 0.6) is 0 Å². The number of halogens is 8. The fourth-order valence-electron chi connectivity index (χ4n) is 3.34. The van der Waals surface area contributed by atoms with Gasteiger partial charge >= 0.3 is 17.8 Å². The minimum Gasteiger partial charge on any atom is -0.448 e. The number of hydrogen-bond donors (Lipinski definition) is 0. The van der Waals surface area contributed by atoms with E-state index in [1.807, 2.05) is 0 Å². The fraction of sp³-hybridized carbons (Fsp3) is 0.318. The lowest BCUT2D eigenvalue weighted by atomic mass is 10.2. The molecule has 41 heavy (non-hydrogen) atoms. The van der Waals surface area contributed by atoms with Gasteiger partial charge in [0.2, 0.25) is 0 Å². The van der Waals surface area contributed by atoms with Gasteiger partial charge in [0, 0.05) is 24.2 Å². The zero-order valence-electron chi connectivity index (χ0n) is 20.9.